The van der Waals surface area contributed by atoms with Crippen LogP contribution in [0.25, 0.3) is 11.4 Å². The Morgan fingerprint density at radius 1 is 1.16 bits per heavy atom. The van der Waals surface area contributed by atoms with Gasteiger partial charge in [-0.3, -0.25) is 0 Å². The van der Waals surface area contributed by atoms with Crippen molar-refractivity contribution in [2.75, 3.05) is 14.2 Å². The molecule has 4 nitrogen and oxygen atoms in total. The minimum Gasteiger partial charge on any atom is -0.496 e. The predicted octanol–water partition coefficient (Wildman–Crippen LogP) is 2.49. The summed E-state index contributed by atoms with van der Waals surface area (Å²) in [5.41, 5.74) is 4.07. The highest BCUT2D eigenvalue weighted by Gasteiger charge is 2.07. The number of hydrogen-bond donors (Lipinski definition) is 1. The van der Waals surface area contributed by atoms with Crippen molar-refractivity contribution in [1.82, 2.24) is 15.3 Å². The Bertz CT molecular complexity index is 582. The third kappa shape index (κ3) is 3.09. The minimum atomic E-state index is 0.742. The first kappa shape index (κ1) is 13.5. The third-order valence-corrected chi connectivity index (χ3v) is 2.92. The van der Waals surface area contributed by atoms with E-state index in [9.17, 15) is 0 Å². The lowest BCUT2D eigenvalue weighted by atomic mass is 10.1. The molecule has 1 heterocycles. The summed E-state index contributed by atoms with van der Waals surface area (Å²) in [4.78, 5) is 9.08. The van der Waals surface area contributed by atoms with Crippen LogP contribution in [-0.2, 0) is 6.54 Å². The van der Waals surface area contributed by atoms with Gasteiger partial charge >= 0.3 is 0 Å². The fraction of sp³-hybridized carbons (Fsp3) is 0.333. The van der Waals surface area contributed by atoms with Crippen LogP contribution in [0.15, 0.2) is 24.3 Å². The van der Waals surface area contributed by atoms with Gasteiger partial charge in [-0.2, -0.15) is 0 Å². The Morgan fingerprint density at radius 2 is 1.95 bits per heavy atom. The Balaban J connectivity index is 2.43. The van der Waals surface area contributed by atoms with Gasteiger partial charge in [0.15, 0.2) is 5.82 Å². The highest BCUT2D eigenvalue weighted by molar-refractivity contribution is 5.58. The van der Waals surface area contributed by atoms with Gasteiger partial charge in [-0.1, -0.05) is 0 Å². The number of methoxy groups -OCH3 is 1. The summed E-state index contributed by atoms with van der Waals surface area (Å²) < 4.78 is 5.27. The fourth-order valence-electron chi connectivity index (χ4n) is 2.05. The molecule has 0 saturated carbocycles. The SMILES string of the molecule is CNCc1cc(C)nc(-c2ccc(OC)c(C)c2)n1. The van der Waals surface area contributed by atoms with Crippen molar-refractivity contribution in [3.8, 4) is 17.1 Å². The van der Waals surface area contributed by atoms with Crippen LogP contribution in [-0.4, -0.2) is 24.1 Å². The quantitative estimate of drug-likeness (QED) is 0.914. The number of ether oxygens (including phenoxy) is 1. The molecule has 2 rings (SSSR count). The van der Waals surface area contributed by atoms with Gasteiger partial charge in [0.1, 0.15) is 5.75 Å². The molecule has 0 radical (unpaired) electrons. The van der Waals surface area contributed by atoms with Crippen LogP contribution in [0, 0.1) is 13.8 Å². The van der Waals surface area contributed by atoms with Gasteiger partial charge in [-0.25, -0.2) is 9.97 Å². The van der Waals surface area contributed by atoms with Crippen LogP contribution in [0.5, 0.6) is 5.75 Å². The van der Waals surface area contributed by atoms with Gasteiger partial charge in [0.05, 0.1) is 12.8 Å². The topological polar surface area (TPSA) is 47.0 Å². The van der Waals surface area contributed by atoms with Crippen LogP contribution in [0.4, 0.5) is 0 Å². The van der Waals surface area contributed by atoms with E-state index in [0.29, 0.717) is 0 Å². The molecular weight excluding hydrogens is 238 g/mol. The summed E-state index contributed by atoms with van der Waals surface area (Å²) in [6.45, 7) is 4.75. The number of hydrogen-bond acceptors (Lipinski definition) is 4. The summed E-state index contributed by atoms with van der Waals surface area (Å²) in [5.74, 6) is 1.64. The second-order valence-electron chi connectivity index (χ2n) is 4.54. The molecule has 0 aliphatic rings. The van der Waals surface area contributed by atoms with E-state index in [1.54, 1.807) is 7.11 Å². The second-order valence-corrected chi connectivity index (χ2v) is 4.54. The number of aromatic nitrogens is 2. The molecule has 0 aliphatic carbocycles. The number of aryl methyl sites for hydroxylation is 2. The number of benzene rings is 1. The lowest BCUT2D eigenvalue weighted by molar-refractivity contribution is 0.412. The van der Waals surface area contributed by atoms with E-state index in [2.05, 4.69) is 21.4 Å². The van der Waals surface area contributed by atoms with Crippen LogP contribution >= 0.6 is 0 Å². The van der Waals surface area contributed by atoms with Gasteiger partial charge in [0.25, 0.3) is 0 Å². The number of nitrogens with one attached hydrogen (secondary N) is 1. The maximum atomic E-state index is 5.27. The molecule has 0 saturated heterocycles. The number of nitrogens with zero attached hydrogens (tertiary/aromatic N) is 2. The molecule has 0 atom stereocenters. The van der Waals surface area contributed by atoms with E-state index < -0.39 is 0 Å². The molecule has 0 amide bonds. The first-order chi connectivity index (χ1) is 9.13. The van der Waals surface area contributed by atoms with Crippen molar-refractivity contribution < 1.29 is 4.74 Å². The zero-order chi connectivity index (χ0) is 13.8. The maximum Gasteiger partial charge on any atom is 0.159 e. The van der Waals surface area contributed by atoms with Gasteiger partial charge in [-0.15, -0.1) is 0 Å². The summed E-state index contributed by atoms with van der Waals surface area (Å²) in [6, 6.07) is 7.99. The standard InChI is InChI=1S/C15H19N3O/c1-10-7-12(5-6-14(10)19-4)15-17-11(2)8-13(18-15)9-16-3/h5-8,16H,9H2,1-4H3. The largest absolute Gasteiger partial charge is 0.496 e. The molecule has 100 valence electrons. The highest BCUT2D eigenvalue weighted by atomic mass is 16.5. The van der Waals surface area contributed by atoms with Crippen molar-refractivity contribution in [1.29, 1.82) is 0 Å². The predicted molar refractivity (Wildman–Crippen MR) is 76.3 cm³/mol. The Hall–Kier alpha value is -1.94. The zero-order valence-electron chi connectivity index (χ0n) is 11.8. The third-order valence-electron chi connectivity index (χ3n) is 2.92. The van der Waals surface area contributed by atoms with Crippen molar-refractivity contribution in [2.45, 2.75) is 20.4 Å². The summed E-state index contributed by atoms with van der Waals surface area (Å²) in [5, 5.41) is 3.11. The van der Waals surface area contributed by atoms with Gasteiger partial charge in [-0.05, 0) is 50.7 Å². The maximum absolute atomic E-state index is 5.27. The second kappa shape index (κ2) is 5.80. The Labute approximate surface area is 113 Å². The van der Waals surface area contributed by atoms with E-state index in [1.807, 2.05) is 39.1 Å². The van der Waals surface area contributed by atoms with Crippen molar-refractivity contribution in [3.05, 3.63) is 41.2 Å². The Kier molecular flexibility index (Phi) is 4.12. The molecule has 0 aliphatic heterocycles. The van der Waals surface area contributed by atoms with E-state index in [0.717, 1.165) is 40.6 Å². The first-order valence-corrected chi connectivity index (χ1v) is 6.28. The smallest absolute Gasteiger partial charge is 0.159 e. The average molecular weight is 257 g/mol. The van der Waals surface area contributed by atoms with E-state index >= 15 is 0 Å². The van der Waals surface area contributed by atoms with Crippen LogP contribution < -0.4 is 10.1 Å². The minimum absolute atomic E-state index is 0.742. The molecule has 1 N–H and O–H groups in total. The van der Waals surface area contributed by atoms with E-state index in [4.69, 9.17) is 4.74 Å². The van der Waals surface area contributed by atoms with Crippen LogP contribution in [0.3, 0.4) is 0 Å². The molecule has 2 aromatic rings. The molecule has 4 heteroatoms. The molecule has 0 fully saturated rings. The molecule has 1 aromatic carbocycles. The lowest BCUT2D eigenvalue weighted by Gasteiger charge is -2.09. The van der Waals surface area contributed by atoms with Gasteiger partial charge in [0.2, 0.25) is 0 Å². The summed E-state index contributed by atoms with van der Waals surface area (Å²) in [6.07, 6.45) is 0. The Morgan fingerprint density at radius 3 is 2.58 bits per heavy atom. The van der Waals surface area contributed by atoms with Crippen molar-refractivity contribution >= 4 is 0 Å². The fourth-order valence-corrected chi connectivity index (χ4v) is 2.05. The number of rotatable bonds is 4. The molecule has 0 bridgehead atoms. The van der Waals surface area contributed by atoms with Gasteiger partial charge in [0, 0.05) is 17.8 Å². The molecule has 0 spiro atoms. The highest BCUT2D eigenvalue weighted by Crippen LogP contribution is 2.24. The molecule has 0 unspecified atom stereocenters. The normalized spacial score (nSPS) is 10.5. The monoisotopic (exact) mass is 257 g/mol. The van der Waals surface area contributed by atoms with E-state index in [-0.39, 0.29) is 0 Å². The van der Waals surface area contributed by atoms with Crippen molar-refractivity contribution in [2.24, 2.45) is 0 Å². The molecule has 19 heavy (non-hydrogen) atoms. The average Bonchev–Trinajstić information content (AvgIpc) is 2.38. The van der Waals surface area contributed by atoms with Crippen LogP contribution in [0.2, 0.25) is 0 Å². The summed E-state index contributed by atoms with van der Waals surface area (Å²) in [7, 11) is 3.59. The summed E-state index contributed by atoms with van der Waals surface area (Å²) >= 11 is 0. The first-order valence-electron chi connectivity index (χ1n) is 6.28. The molecule has 1 aromatic heterocycles. The van der Waals surface area contributed by atoms with Gasteiger partial charge < -0.3 is 10.1 Å². The van der Waals surface area contributed by atoms with Crippen molar-refractivity contribution in [3.63, 3.8) is 0 Å². The van der Waals surface area contributed by atoms with E-state index in [1.165, 1.54) is 0 Å². The lowest BCUT2D eigenvalue weighted by Crippen LogP contribution is -2.08. The zero-order valence-corrected chi connectivity index (χ0v) is 11.8. The van der Waals surface area contributed by atoms with Crippen LogP contribution in [0.1, 0.15) is 17.0 Å². The molecular formula is C15H19N3O.